The molecule has 0 amide bonds. The molecule has 1 unspecified atom stereocenters. The van der Waals surface area contributed by atoms with E-state index in [4.69, 9.17) is 21.1 Å². The van der Waals surface area contributed by atoms with Crippen LogP contribution in [-0.2, 0) is 18.3 Å². The number of allylic oxidation sites excluding steroid dienone is 2. The third-order valence-corrected chi connectivity index (χ3v) is 7.04. The lowest BCUT2D eigenvalue weighted by atomic mass is 9.72. The lowest BCUT2D eigenvalue weighted by Gasteiger charge is -2.37. The van der Waals surface area contributed by atoms with Gasteiger partial charge in [0.1, 0.15) is 23.7 Å². The molecule has 0 saturated carbocycles. The Bertz CT molecular complexity index is 1160. The van der Waals surface area contributed by atoms with Crippen LogP contribution in [-0.4, -0.2) is 18.0 Å². The van der Waals surface area contributed by atoms with E-state index in [1.807, 2.05) is 63.3 Å². The summed E-state index contributed by atoms with van der Waals surface area (Å²) in [4.78, 5) is 13.9. The van der Waals surface area contributed by atoms with Gasteiger partial charge >= 0.3 is 0 Å². The highest BCUT2D eigenvalue weighted by Crippen LogP contribution is 2.46. The van der Waals surface area contributed by atoms with Crippen LogP contribution in [0.15, 0.2) is 55.7 Å². The van der Waals surface area contributed by atoms with Crippen LogP contribution in [0.2, 0.25) is 5.02 Å². The molecule has 2 aromatic rings. The van der Waals surface area contributed by atoms with Crippen molar-refractivity contribution in [2.45, 2.75) is 57.5 Å². The third-order valence-electron chi connectivity index (χ3n) is 6.57. The second-order valence-corrected chi connectivity index (χ2v) is 9.94. The predicted octanol–water partition coefficient (Wildman–Crippen LogP) is 7.29. The Morgan fingerprint density at radius 2 is 1.79 bits per heavy atom. The molecule has 0 fully saturated rings. The summed E-state index contributed by atoms with van der Waals surface area (Å²) < 4.78 is 12.4. The number of ketones is 1. The molecule has 0 N–H and O–H groups in total. The Balaban J connectivity index is 1.78. The predicted molar refractivity (Wildman–Crippen MR) is 136 cm³/mol. The molecule has 172 valence electrons. The first kappa shape index (κ1) is 23.4. The monoisotopic (exact) mass is 462 g/mol. The average Bonchev–Trinajstić information content (AvgIpc) is 2.78. The van der Waals surface area contributed by atoms with Crippen LogP contribution >= 0.6 is 11.6 Å². The van der Waals surface area contributed by atoms with E-state index in [9.17, 15) is 4.79 Å². The van der Waals surface area contributed by atoms with Crippen molar-refractivity contribution in [2.24, 2.45) is 0 Å². The molecule has 2 aliphatic rings. The molecule has 33 heavy (non-hydrogen) atoms. The van der Waals surface area contributed by atoms with Crippen molar-refractivity contribution >= 4 is 23.5 Å². The molecule has 0 aliphatic carbocycles. The molecular formula is C29H31ClO3. The Morgan fingerprint density at radius 1 is 1.06 bits per heavy atom. The molecule has 3 nitrogen and oxygen atoms in total. The SMILES string of the molecule is C=CCCc1ccc(C2(C)COc3c(ccc4c3C=CC(C)(C)O4)C2=O)c(CCC=C)c1Cl. The second-order valence-electron chi connectivity index (χ2n) is 9.56. The van der Waals surface area contributed by atoms with Gasteiger partial charge in [-0.25, -0.2) is 0 Å². The van der Waals surface area contributed by atoms with Gasteiger partial charge in [0.2, 0.25) is 0 Å². The van der Waals surface area contributed by atoms with Gasteiger partial charge in [0.05, 0.1) is 16.5 Å². The largest absolute Gasteiger partial charge is 0.491 e. The molecule has 0 radical (unpaired) electrons. The molecule has 2 heterocycles. The summed E-state index contributed by atoms with van der Waals surface area (Å²) >= 11 is 6.89. The topological polar surface area (TPSA) is 35.5 Å². The lowest BCUT2D eigenvalue weighted by molar-refractivity contribution is 0.0788. The number of halogens is 1. The first-order chi connectivity index (χ1) is 15.7. The minimum absolute atomic E-state index is 0.0412. The van der Waals surface area contributed by atoms with Gasteiger partial charge in [0.25, 0.3) is 0 Å². The minimum atomic E-state index is -0.836. The van der Waals surface area contributed by atoms with Crippen LogP contribution in [0.1, 0.15) is 66.2 Å². The highest BCUT2D eigenvalue weighted by atomic mass is 35.5. The Hall–Kier alpha value is -2.78. The third kappa shape index (κ3) is 4.15. The first-order valence-electron chi connectivity index (χ1n) is 11.5. The number of aryl methyl sites for hydroxylation is 1. The normalized spacial score (nSPS) is 20.3. The molecule has 1 atom stereocenters. The molecule has 2 aliphatic heterocycles. The second kappa shape index (κ2) is 8.87. The molecular weight excluding hydrogens is 432 g/mol. The van der Waals surface area contributed by atoms with E-state index in [1.54, 1.807) is 0 Å². The van der Waals surface area contributed by atoms with E-state index in [1.165, 1.54) is 0 Å². The minimum Gasteiger partial charge on any atom is -0.491 e. The number of carbonyl (C=O) groups is 1. The van der Waals surface area contributed by atoms with Crippen molar-refractivity contribution in [3.63, 3.8) is 0 Å². The fourth-order valence-corrected chi connectivity index (χ4v) is 5.03. The van der Waals surface area contributed by atoms with Crippen molar-refractivity contribution in [2.75, 3.05) is 6.61 Å². The number of benzene rings is 2. The zero-order chi connectivity index (χ0) is 23.8. The zero-order valence-corrected chi connectivity index (χ0v) is 20.4. The molecule has 0 spiro atoms. The van der Waals surface area contributed by atoms with Crippen LogP contribution < -0.4 is 9.47 Å². The highest BCUT2D eigenvalue weighted by molar-refractivity contribution is 6.32. The van der Waals surface area contributed by atoms with Crippen molar-refractivity contribution in [1.82, 2.24) is 0 Å². The molecule has 2 aromatic carbocycles. The Kier molecular flexibility index (Phi) is 6.28. The Morgan fingerprint density at radius 3 is 2.52 bits per heavy atom. The van der Waals surface area contributed by atoms with Crippen LogP contribution in [0.25, 0.3) is 6.08 Å². The van der Waals surface area contributed by atoms with Gasteiger partial charge in [-0.3, -0.25) is 4.79 Å². The van der Waals surface area contributed by atoms with Gasteiger partial charge in [-0.1, -0.05) is 35.9 Å². The van der Waals surface area contributed by atoms with Gasteiger partial charge < -0.3 is 9.47 Å². The Labute approximate surface area is 201 Å². The van der Waals surface area contributed by atoms with E-state index in [0.29, 0.717) is 11.3 Å². The van der Waals surface area contributed by atoms with Crippen LogP contribution in [0.3, 0.4) is 0 Å². The highest BCUT2D eigenvalue weighted by Gasteiger charge is 2.44. The maximum atomic E-state index is 13.9. The van der Waals surface area contributed by atoms with Crippen molar-refractivity contribution in [1.29, 1.82) is 0 Å². The van der Waals surface area contributed by atoms with E-state index in [0.717, 1.165) is 58.7 Å². The lowest BCUT2D eigenvalue weighted by Crippen LogP contribution is -2.43. The summed E-state index contributed by atoms with van der Waals surface area (Å²) in [7, 11) is 0. The molecule has 4 rings (SSSR count). The van der Waals surface area contributed by atoms with E-state index < -0.39 is 11.0 Å². The maximum Gasteiger partial charge on any atom is 0.180 e. The number of ether oxygens (including phenoxy) is 2. The van der Waals surface area contributed by atoms with Gasteiger partial charge in [0.15, 0.2) is 5.78 Å². The number of hydrogen-bond donors (Lipinski definition) is 0. The zero-order valence-electron chi connectivity index (χ0n) is 19.7. The quantitative estimate of drug-likeness (QED) is 0.405. The number of hydrogen-bond acceptors (Lipinski definition) is 3. The maximum absolute atomic E-state index is 13.9. The number of carbonyl (C=O) groups excluding carboxylic acids is 1. The van der Waals surface area contributed by atoms with Crippen LogP contribution in [0, 0.1) is 0 Å². The van der Waals surface area contributed by atoms with E-state index >= 15 is 0 Å². The molecule has 4 heteroatoms. The summed E-state index contributed by atoms with van der Waals surface area (Å²) in [5, 5.41) is 0.736. The van der Waals surface area contributed by atoms with Gasteiger partial charge in [-0.05, 0) is 87.4 Å². The fourth-order valence-electron chi connectivity index (χ4n) is 4.67. The van der Waals surface area contributed by atoms with E-state index in [-0.39, 0.29) is 12.4 Å². The van der Waals surface area contributed by atoms with Crippen molar-refractivity contribution in [3.05, 3.63) is 88.5 Å². The van der Waals surface area contributed by atoms with Gasteiger partial charge in [-0.15, -0.1) is 13.2 Å². The molecule has 0 saturated heterocycles. The van der Waals surface area contributed by atoms with Crippen LogP contribution in [0.5, 0.6) is 11.5 Å². The number of rotatable bonds is 7. The summed E-state index contributed by atoms with van der Waals surface area (Å²) in [6.07, 6.45) is 10.9. The molecule has 0 aromatic heterocycles. The summed E-state index contributed by atoms with van der Waals surface area (Å²) in [5.74, 6) is 1.38. The standard InChI is InChI=1S/C29H31ClO3/c1-6-8-10-19-12-14-23(20(25(19)30)11-9-7-2)29(5)18-32-26-21-16-17-28(3,4)33-24(21)15-13-22(26)27(29)31/h6-7,12-17H,1-2,8-11,18H2,3-5H3. The fraction of sp³-hybridized carbons (Fsp3) is 0.345. The number of fused-ring (bicyclic) bond motifs is 3. The number of Topliss-reactive ketones (excluding diaryl/α,β-unsaturated/α-hetero) is 1. The average molecular weight is 463 g/mol. The smallest absolute Gasteiger partial charge is 0.180 e. The summed E-state index contributed by atoms with van der Waals surface area (Å²) in [5.41, 5.74) is 3.19. The van der Waals surface area contributed by atoms with E-state index in [2.05, 4.69) is 19.2 Å². The van der Waals surface area contributed by atoms with Crippen molar-refractivity contribution < 1.29 is 14.3 Å². The van der Waals surface area contributed by atoms with Gasteiger partial charge in [-0.2, -0.15) is 0 Å². The summed E-state index contributed by atoms with van der Waals surface area (Å²) in [6.45, 7) is 13.9. The molecule has 0 bridgehead atoms. The van der Waals surface area contributed by atoms with Gasteiger partial charge in [0, 0.05) is 5.02 Å². The van der Waals surface area contributed by atoms with Crippen LogP contribution in [0.4, 0.5) is 0 Å². The first-order valence-corrected chi connectivity index (χ1v) is 11.8. The summed E-state index contributed by atoms with van der Waals surface area (Å²) in [6, 6.07) is 7.79. The van der Waals surface area contributed by atoms with Crippen molar-refractivity contribution in [3.8, 4) is 11.5 Å².